The van der Waals surface area contributed by atoms with Gasteiger partial charge < -0.3 is 9.08 Å². The first-order chi connectivity index (χ1) is 14.0. The number of halogens is 6. The second-order valence-electron chi connectivity index (χ2n) is 7.82. The number of fused-ring (bicyclic) bond motifs is 4. The molecule has 1 aliphatic carbocycles. The summed E-state index contributed by atoms with van der Waals surface area (Å²) in [4.78, 5) is 12.6. The van der Waals surface area contributed by atoms with Gasteiger partial charge in [0.1, 0.15) is 6.07 Å². The zero-order valence-electron chi connectivity index (χ0n) is 16.1. The smallest absolute Gasteiger partial charge is 0.375 e. The molecule has 1 aliphatic heterocycles. The summed E-state index contributed by atoms with van der Waals surface area (Å²) in [5.74, 6) is -3.31. The zero-order chi connectivity index (χ0) is 23.6. The Morgan fingerprint density at radius 3 is 2.39 bits per heavy atom. The summed E-state index contributed by atoms with van der Waals surface area (Å²) >= 11 is 0. The van der Waals surface area contributed by atoms with Crippen LogP contribution >= 0.6 is 0 Å². The van der Waals surface area contributed by atoms with Crippen molar-refractivity contribution in [2.24, 2.45) is 5.92 Å². The molecular formula is C18H16F6N2O4S. The summed E-state index contributed by atoms with van der Waals surface area (Å²) in [5.41, 5.74) is -6.38. The highest BCUT2D eigenvalue weighted by molar-refractivity contribution is 7.88. The van der Waals surface area contributed by atoms with E-state index in [9.17, 15) is 44.8 Å². The Bertz CT molecular complexity index is 1080. The number of benzene rings is 1. The maximum absolute atomic E-state index is 13.0. The molecule has 170 valence electrons. The van der Waals surface area contributed by atoms with E-state index in [0.717, 1.165) is 17.0 Å². The number of nitriles is 1. The van der Waals surface area contributed by atoms with Crippen LogP contribution in [-0.4, -0.2) is 43.5 Å². The van der Waals surface area contributed by atoms with Crippen LogP contribution in [0.3, 0.4) is 0 Å². The Morgan fingerprint density at radius 2 is 1.87 bits per heavy atom. The van der Waals surface area contributed by atoms with Crippen molar-refractivity contribution in [3.05, 3.63) is 28.8 Å². The van der Waals surface area contributed by atoms with Crippen molar-refractivity contribution in [3.63, 3.8) is 0 Å². The molecule has 0 N–H and O–H groups in total. The summed E-state index contributed by atoms with van der Waals surface area (Å²) in [6, 6.07) is 2.84. The lowest BCUT2D eigenvalue weighted by molar-refractivity contribution is -0.192. The van der Waals surface area contributed by atoms with E-state index >= 15 is 0 Å². The van der Waals surface area contributed by atoms with Crippen LogP contribution in [-0.2, 0) is 26.7 Å². The topological polar surface area (TPSA) is 87.5 Å². The number of alkyl halides is 6. The van der Waals surface area contributed by atoms with Crippen molar-refractivity contribution >= 4 is 16.0 Å². The molecule has 0 aromatic heterocycles. The second-order valence-corrected chi connectivity index (χ2v) is 9.36. The molecule has 1 fully saturated rings. The normalized spacial score (nSPS) is 26.1. The molecule has 0 saturated carbocycles. The molecule has 0 unspecified atom stereocenters. The van der Waals surface area contributed by atoms with E-state index in [1.54, 1.807) is 19.9 Å². The van der Waals surface area contributed by atoms with Crippen molar-refractivity contribution in [3.8, 4) is 11.8 Å². The van der Waals surface area contributed by atoms with Crippen molar-refractivity contribution in [1.29, 1.82) is 5.26 Å². The standard InChI is InChI=1S/C18H16F6N2O4S/c1-9-13-6-10-5-11(8-25)14(30-31(28,29)18(22,23)24)7-12(10)16(9,2)3-4-26(13)15(27)17(19,20)21/h5,7,9,13H,3-4,6H2,1-2H3/t9-,13+,16+/m0/s1. The van der Waals surface area contributed by atoms with Crippen LogP contribution in [0.25, 0.3) is 0 Å². The second kappa shape index (κ2) is 7.01. The van der Waals surface area contributed by atoms with Crippen molar-refractivity contribution in [2.75, 3.05) is 6.54 Å². The lowest BCUT2D eigenvalue weighted by atomic mass is 9.59. The number of carbonyl (C=O) groups is 1. The van der Waals surface area contributed by atoms with Crippen molar-refractivity contribution < 1.29 is 43.7 Å². The molecule has 1 aromatic carbocycles. The largest absolute Gasteiger partial charge is 0.534 e. The van der Waals surface area contributed by atoms with Crippen LogP contribution < -0.4 is 4.18 Å². The number of carbonyl (C=O) groups excluding carboxylic acids is 1. The Balaban J connectivity index is 2.09. The first kappa shape index (κ1) is 23.2. The summed E-state index contributed by atoms with van der Waals surface area (Å²) < 4.78 is 104. The third-order valence-electron chi connectivity index (χ3n) is 6.21. The van der Waals surface area contributed by atoms with E-state index in [2.05, 4.69) is 4.18 Å². The quantitative estimate of drug-likeness (QED) is 0.376. The molecule has 1 saturated heterocycles. The van der Waals surface area contributed by atoms with E-state index in [1.165, 1.54) is 0 Å². The summed E-state index contributed by atoms with van der Waals surface area (Å²) in [6.45, 7) is 3.06. The number of piperidine rings is 1. The van der Waals surface area contributed by atoms with E-state index < -0.39 is 56.4 Å². The molecule has 6 nitrogen and oxygen atoms in total. The number of hydrogen-bond acceptors (Lipinski definition) is 5. The van der Waals surface area contributed by atoms with Crippen LogP contribution in [0, 0.1) is 17.2 Å². The van der Waals surface area contributed by atoms with Gasteiger partial charge in [-0.1, -0.05) is 13.8 Å². The lowest BCUT2D eigenvalue weighted by Gasteiger charge is -2.54. The Labute approximate surface area is 173 Å². The molecule has 1 aromatic rings. The SMILES string of the molecule is C[C@H]1[C@H]2Cc3cc(C#N)c(OS(=O)(=O)C(F)(F)F)cc3[C@]1(C)CCN2C(=O)C(F)(F)F. The summed E-state index contributed by atoms with van der Waals surface area (Å²) in [7, 11) is -6.03. The van der Waals surface area contributed by atoms with Crippen molar-refractivity contribution in [2.45, 2.75) is 49.8 Å². The minimum Gasteiger partial charge on any atom is -0.375 e. The highest BCUT2D eigenvalue weighted by Crippen LogP contribution is 2.50. The average Bonchev–Trinajstić information content (AvgIpc) is 2.62. The number of amides is 1. The molecule has 0 radical (unpaired) electrons. The number of rotatable bonds is 2. The number of nitrogens with zero attached hydrogens (tertiary/aromatic N) is 2. The fourth-order valence-electron chi connectivity index (χ4n) is 4.39. The molecule has 3 atom stereocenters. The molecule has 13 heteroatoms. The summed E-state index contributed by atoms with van der Waals surface area (Å²) in [6.07, 6.45) is -5.08. The fourth-order valence-corrected chi connectivity index (χ4v) is 4.86. The molecule has 2 aliphatic rings. The highest BCUT2D eigenvalue weighted by atomic mass is 32.2. The third kappa shape index (κ3) is 3.71. The third-order valence-corrected chi connectivity index (χ3v) is 7.18. The van der Waals surface area contributed by atoms with Crippen LogP contribution in [0.15, 0.2) is 12.1 Å². The molecule has 1 heterocycles. The van der Waals surface area contributed by atoms with Crippen LogP contribution in [0.2, 0.25) is 0 Å². The Kier molecular flexibility index (Phi) is 5.24. The minimum absolute atomic E-state index is 0.0524. The van der Waals surface area contributed by atoms with E-state index in [4.69, 9.17) is 0 Å². The molecular weight excluding hydrogens is 454 g/mol. The van der Waals surface area contributed by atoms with E-state index in [1.807, 2.05) is 0 Å². The predicted molar refractivity (Wildman–Crippen MR) is 93.2 cm³/mol. The maximum Gasteiger partial charge on any atom is 0.534 e. The van der Waals surface area contributed by atoms with Crippen LogP contribution in [0.1, 0.15) is 37.0 Å². The first-order valence-electron chi connectivity index (χ1n) is 8.99. The van der Waals surface area contributed by atoms with Gasteiger partial charge in [0.2, 0.25) is 0 Å². The minimum atomic E-state index is -6.03. The van der Waals surface area contributed by atoms with Gasteiger partial charge in [-0.05, 0) is 47.4 Å². The number of likely N-dealkylation sites (tertiary alicyclic amines) is 1. The fraction of sp³-hybridized carbons (Fsp3) is 0.556. The Hall–Kier alpha value is -2.49. The van der Waals surface area contributed by atoms with Gasteiger partial charge in [0.05, 0.1) is 5.56 Å². The maximum atomic E-state index is 13.0. The predicted octanol–water partition coefficient (Wildman–Crippen LogP) is 3.40. The molecule has 1 amide bonds. The van der Waals surface area contributed by atoms with Gasteiger partial charge in [0.15, 0.2) is 5.75 Å². The van der Waals surface area contributed by atoms with Crippen molar-refractivity contribution in [1.82, 2.24) is 4.90 Å². The zero-order valence-corrected chi connectivity index (χ0v) is 17.0. The van der Waals surface area contributed by atoms with Gasteiger partial charge in [-0.2, -0.15) is 40.0 Å². The van der Waals surface area contributed by atoms with Gasteiger partial charge in [-0.3, -0.25) is 4.79 Å². The molecule has 0 spiro atoms. The highest BCUT2D eigenvalue weighted by Gasteiger charge is 2.54. The average molecular weight is 470 g/mol. The van der Waals surface area contributed by atoms with Gasteiger partial charge >= 0.3 is 27.7 Å². The van der Waals surface area contributed by atoms with Gasteiger partial charge in [-0.25, -0.2) is 0 Å². The first-order valence-corrected chi connectivity index (χ1v) is 10.4. The van der Waals surface area contributed by atoms with Crippen LogP contribution in [0.5, 0.6) is 5.75 Å². The summed E-state index contributed by atoms with van der Waals surface area (Å²) in [5, 5.41) is 9.27. The lowest BCUT2D eigenvalue weighted by Crippen LogP contribution is -2.61. The van der Waals surface area contributed by atoms with Crippen LogP contribution in [0.4, 0.5) is 26.3 Å². The van der Waals surface area contributed by atoms with Gasteiger partial charge in [-0.15, -0.1) is 0 Å². The monoisotopic (exact) mass is 470 g/mol. The molecule has 3 rings (SSSR count). The van der Waals surface area contributed by atoms with Gasteiger partial charge in [0, 0.05) is 12.6 Å². The molecule has 2 bridgehead atoms. The molecule has 31 heavy (non-hydrogen) atoms. The van der Waals surface area contributed by atoms with E-state index in [0.29, 0.717) is 11.1 Å². The van der Waals surface area contributed by atoms with Gasteiger partial charge in [0.25, 0.3) is 0 Å². The van der Waals surface area contributed by atoms with E-state index in [-0.39, 0.29) is 19.4 Å². The number of hydrogen-bond donors (Lipinski definition) is 0. The Morgan fingerprint density at radius 1 is 1.26 bits per heavy atom.